The van der Waals surface area contributed by atoms with E-state index in [4.69, 9.17) is 16.8 Å². The van der Waals surface area contributed by atoms with Crippen LogP contribution in [0.2, 0.25) is 5.02 Å². The first kappa shape index (κ1) is 15.0. The van der Waals surface area contributed by atoms with Gasteiger partial charge in [-0.3, -0.25) is 14.8 Å². The molecule has 5 nitrogen and oxygen atoms in total. The summed E-state index contributed by atoms with van der Waals surface area (Å²) >= 11 is 5.78. The molecule has 0 radical (unpaired) electrons. The van der Waals surface area contributed by atoms with Gasteiger partial charge in [-0.05, 0) is 48.9 Å². The molecule has 0 aliphatic rings. The van der Waals surface area contributed by atoms with Crippen LogP contribution < -0.4 is 10.8 Å². The Labute approximate surface area is 126 Å². The molecule has 0 fully saturated rings. The van der Waals surface area contributed by atoms with Gasteiger partial charge in [0.15, 0.2) is 0 Å². The fraction of sp³-hybridized carbons (Fsp3) is 0.0667. The summed E-state index contributed by atoms with van der Waals surface area (Å²) in [6.07, 6.45) is 0. The molecule has 3 N–H and O–H groups in total. The van der Waals surface area contributed by atoms with Gasteiger partial charge in [0.05, 0.1) is 0 Å². The minimum atomic E-state index is -0.671. The lowest BCUT2D eigenvalue weighted by atomic mass is 10.0. The van der Waals surface area contributed by atoms with Crippen LogP contribution in [-0.4, -0.2) is 17.0 Å². The van der Waals surface area contributed by atoms with Gasteiger partial charge >= 0.3 is 0 Å². The summed E-state index contributed by atoms with van der Waals surface area (Å²) < 4.78 is 0. The standard InChI is InChI=1S/C15H13ClN2O3/c1-9-2-3-10(14(19)18-21)8-13(9)15(20)17-12-6-4-11(16)5-7-12/h2-8,21H,1H3,(H,17,20)(H,18,19). The van der Waals surface area contributed by atoms with Crippen molar-refractivity contribution in [1.82, 2.24) is 5.48 Å². The molecule has 0 aromatic heterocycles. The molecule has 0 saturated carbocycles. The maximum Gasteiger partial charge on any atom is 0.274 e. The molecule has 2 aromatic carbocycles. The van der Waals surface area contributed by atoms with Crippen molar-refractivity contribution in [2.75, 3.05) is 5.32 Å². The van der Waals surface area contributed by atoms with Gasteiger partial charge in [-0.15, -0.1) is 0 Å². The molecule has 6 heteroatoms. The molecule has 21 heavy (non-hydrogen) atoms. The SMILES string of the molecule is Cc1ccc(C(=O)NO)cc1C(=O)Nc1ccc(Cl)cc1. The highest BCUT2D eigenvalue weighted by Crippen LogP contribution is 2.17. The summed E-state index contributed by atoms with van der Waals surface area (Å²) in [6, 6.07) is 11.3. The molecule has 0 saturated heterocycles. The Hall–Kier alpha value is -2.37. The van der Waals surface area contributed by atoms with E-state index in [2.05, 4.69) is 5.32 Å². The van der Waals surface area contributed by atoms with E-state index >= 15 is 0 Å². The van der Waals surface area contributed by atoms with Gasteiger partial charge in [0.1, 0.15) is 0 Å². The van der Waals surface area contributed by atoms with Crippen LogP contribution in [0.5, 0.6) is 0 Å². The highest BCUT2D eigenvalue weighted by atomic mass is 35.5. The number of hydroxylamine groups is 1. The third-order valence-electron chi connectivity index (χ3n) is 2.95. The van der Waals surface area contributed by atoms with Crippen LogP contribution in [0.1, 0.15) is 26.3 Å². The molecule has 0 heterocycles. The summed E-state index contributed by atoms with van der Waals surface area (Å²) in [5.41, 5.74) is 3.41. The zero-order valence-electron chi connectivity index (χ0n) is 11.2. The fourth-order valence-corrected chi connectivity index (χ4v) is 1.93. The highest BCUT2D eigenvalue weighted by molar-refractivity contribution is 6.30. The van der Waals surface area contributed by atoms with Gasteiger partial charge < -0.3 is 5.32 Å². The van der Waals surface area contributed by atoms with Crippen molar-refractivity contribution >= 4 is 29.1 Å². The first-order valence-electron chi connectivity index (χ1n) is 6.13. The third-order valence-corrected chi connectivity index (χ3v) is 3.20. The Morgan fingerprint density at radius 3 is 2.33 bits per heavy atom. The van der Waals surface area contributed by atoms with E-state index in [1.807, 2.05) is 0 Å². The van der Waals surface area contributed by atoms with Crippen LogP contribution in [0.4, 0.5) is 5.69 Å². The predicted octanol–water partition coefficient (Wildman–Crippen LogP) is 3.02. The maximum absolute atomic E-state index is 12.2. The zero-order valence-corrected chi connectivity index (χ0v) is 11.9. The molecule has 2 rings (SSSR count). The number of halogens is 1. The smallest absolute Gasteiger partial charge is 0.274 e. The summed E-state index contributed by atoms with van der Waals surface area (Å²) in [5, 5.41) is 11.9. The van der Waals surface area contributed by atoms with E-state index in [0.29, 0.717) is 16.3 Å². The van der Waals surface area contributed by atoms with E-state index in [0.717, 1.165) is 5.56 Å². The number of rotatable bonds is 3. The molecule has 0 bridgehead atoms. The van der Waals surface area contributed by atoms with Gasteiger partial charge in [0.2, 0.25) is 0 Å². The minimum absolute atomic E-state index is 0.198. The van der Waals surface area contributed by atoms with E-state index < -0.39 is 5.91 Å². The van der Waals surface area contributed by atoms with Crippen LogP contribution in [0.15, 0.2) is 42.5 Å². The number of anilines is 1. The van der Waals surface area contributed by atoms with Crippen LogP contribution in [0.3, 0.4) is 0 Å². The molecule has 2 aromatic rings. The van der Waals surface area contributed by atoms with Gasteiger partial charge in [-0.1, -0.05) is 17.7 Å². The van der Waals surface area contributed by atoms with Gasteiger partial charge in [-0.25, -0.2) is 5.48 Å². The largest absolute Gasteiger partial charge is 0.322 e. The second-order valence-electron chi connectivity index (χ2n) is 4.43. The Bertz CT molecular complexity index is 684. The van der Waals surface area contributed by atoms with Crippen molar-refractivity contribution < 1.29 is 14.8 Å². The second-order valence-corrected chi connectivity index (χ2v) is 4.87. The first-order chi connectivity index (χ1) is 10.0. The van der Waals surface area contributed by atoms with Crippen molar-refractivity contribution in [2.24, 2.45) is 0 Å². The van der Waals surface area contributed by atoms with Crippen LogP contribution >= 0.6 is 11.6 Å². The Morgan fingerprint density at radius 1 is 1.05 bits per heavy atom. The quantitative estimate of drug-likeness (QED) is 0.602. The van der Waals surface area contributed by atoms with Crippen molar-refractivity contribution in [3.05, 3.63) is 64.2 Å². The highest BCUT2D eigenvalue weighted by Gasteiger charge is 2.13. The number of amides is 2. The first-order valence-corrected chi connectivity index (χ1v) is 6.51. The summed E-state index contributed by atoms with van der Waals surface area (Å²) in [6.45, 7) is 1.76. The zero-order chi connectivity index (χ0) is 15.4. The number of hydrogen-bond acceptors (Lipinski definition) is 3. The average Bonchev–Trinajstić information content (AvgIpc) is 2.49. The number of nitrogens with one attached hydrogen (secondary N) is 2. The summed E-state index contributed by atoms with van der Waals surface area (Å²) in [4.78, 5) is 23.6. The van der Waals surface area contributed by atoms with Crippen molar-refractivity contribution in [3.8, 4) is 0 Å². The normalized spacial score (nSPS) is 10.0. The molecule has 2 amide bonds. The molecule has 0 aliphatic carbocycles. The Morgan fingerprint density at radius 2 is 1.71 bits per heavy atom. The number of aryl methyl sites for hydroxylation is 1. The molecule has 0 unspecified atom stereocenters. The second kappa shape index (κ2) is 6.39. The Kier molecular flexibility index (Phi) is 4.57. The lowest BCUT2D eigenvalue weighted by Crippen LogP contribution is -2.20. The lowest BCUT2D eigenvalue weighted by Gasteiger charge is -2.09. The van der Waals surface area contributed by atoms with Gasteiger partial charge in [0, 0.05) is 21.8 Å². The molecule has 0 spiro atoms. The van der Waals surface area contributed by atoms with Gasteiger partial charge in [-0.2, -0.15) is 0 Å². The van der Waals surface area contributed by atoms with E-state index in [9.17, 15) is 9.59 Å². The Balaban J connectivity index is 2.26. The fourth-order valence-electron chi connectivity index (χ4n) is 1.80. The summed E-state index contributed by atoms with van der Waals surface area (Å²) in [7, 11) is 0. The van der Waals surface area contributed by atoms with E-state index in [1.165, 1.54) is 17.6 Å². The average molecular weight is 305 g/mol. The van der Waals surface area contributed by atoms with Crippen LogP contribution in [-0.2, 0) is 0 Å². The maximum atomic E-state index is 12.2. The number of carbonyl (C=O) groups is 2. The van der Waals surface area contributed by atoms with Crippen molar-refractivity contribution in [2.45, 2.75) is 6.92 Å². The number of carbonyl (C=O) groups excluding carboxylic acids is 2. The summed E-state index contributed by atoms with van der Waals surface area (Å²) in [5.74, 6) is -1.02. The molecule has 0 atom stereocenters. The monoisotopic (exact) mass is 304 g/mol. The van der Waals surface area contributed by atoms with Crippen molar-refractivity contribution in [1.29, 1.82) is 0 Å². The minimum Gasteiger partial charge on any atom is -0.322 e. The van der Waals surface area contributed by atoms with E-state index in [-0.39, 0.29) is 11.5 Å². The topological polar surface area (TPSA) is 78.4 Å². The van der Waals surface area contributed by atoms with Crippen molar-refractivity contribution in [3.63, 3.8) is 0 Å². The van der Waals surface area contributed by atoms with Gasteiger partial charge in [0.25, 0.3) is 11.8 Å². The molecular weight excluding hydrogens is 292 g/mol. The number of benzene rings is 2. The van der Waals surface area contributed by atoms with Crippen LogP contribution in [0, 0.1) is 6.92 Å². The number of hydrogen-bond donors (Lipinski definition) is 3. The molecule has 0 aliphatic heterocycles. The predicted molar refractivity (Wildman–Crippen MR) is 79.8 cm³/mol. The molecule has 108 valence electrons. The lowest BCUT2D eigenvalue weighted by molar-refractivity contribution is 0.0706. The van der Waals surface area contributed by atoms with Crippen LogP contribution in [0.25, 0.3) is 0 Å². The third kappa shape index (κ3) is 3.59. The molecular formula is C15H13ClN2O3. The van der Waals surface area contributed by atoms with E-state index in [1.54, 1.807) is 37.3 Å².